The van der Waals surface area contributed by atoms with Gasteiger partial charge < -0.3 is 9.15 Å². The summed E-state index contributed by atoms with van der Waals surface area (Å²) in [4.78, 5) is 0. The van der Waals surface area contributed by atoms with Crippen molar-refractivity contribution in [2.24, 2.45) is 0 Å². The number of hydrogen-bond acceptors (Lipinski definition) is 3. The fourth-order valence-electron chi connectivity index (χ4n) is 1.17. The lowest BCUT2D eigenvalue weighted by atomic mass is 10.2. The largest absolute Gasteiger partial charge is 0.497 e. The van der Waals surface area contributed by atoms with Crippen LogP contribution in [0.1, 0.15) is 0 Å². The molecule has 2 nitrogen and oxygen atoms in total. The molecule has 0 radical (unpaired) electrons. The van der Waals surface area contributed by atoms with E-state index in [0.29, 0.717) is 4.71 Å². The van der Waals surface area contributed by atoms with Gasteiger partial charge >= 0.3 is 0 Å². The predicted octanol–water partition coefficient (Wildman–Crippen LogP) is 3.17. The highest BCUT2D eigenvalue weighted by Crippen LogP contribution is 2.20. The van der Waals surface area contributed by atoms with Gasteiger partial charge in [-0.2, -0.15) is 0 Å². The van der Waals surface area contributed by atoms with Crippen molar-refractivity contribution in [3.05, 3.63) is 35.0 Å². The van der Waals surface area contributed by atoms with Crippen LogP contribution in [0.15, 0.2) is 34.7 Å². The number of ether oxygens (including phenoxy) is 1. The Morgan fingerprint density at radius 2 is 2.00 bits per heavy atom. The lowest BCUT2D eigenvalue weighted by Gasteiger charge is -2.00. The molecule has 0 atom stereocenters. The van der Waals surface area contributed by atoms with E-state index in [9.17, 15) is 0 Å². The van der Waals surface area contributed by atoms with Crippen molar-refractivity contribution in [2.45, 2.75) is 0 Å². The molecule has 0 unspecified atom stereocenters. The van der Waals surface area contributed by atoms with Gasteiger partial charge in [0.05, 0.1) is 7.11 Å². The highest BCUT2D eigenvalue weighted by atomic mass is 32.1. The summed E-state index contributed by atoms with van der Waals surface area (Å²) in [5.41, 5.74) is 0.756. The molecule has 0 aliphatic heterocycles. The molecule has 0 spiro atoms. The summed E-state index contributed by atoms with van der Waals surface area (Å²) in [7, 11) is 1.62. The molecule has 0 aliphatic rings. The fraction of sp³-hybridized carbons (Fsp3) is 0.100. The van der Waals surface area contributed by atoms with Gasteiger partial charge in [0, 0.05) is 11.5 Å². The first kappa shape index (κ1) is 8.26. The summed E-state index contributed by atoms with van der Waals surface area (Å²) < 4.78 is 10.9. The van der Waals surface area contributed by atoms with Gasteiger partial charge in [0.15, 0.2) is 4.71 Å². The molecule has 66 valence electrons. The molecular formula is C10H8O2S. The van der Waals surface area contributed by atoms with Crippen molar-refractivity contribution in [1.82, 2.24) is 0 Å². The molecular weight excluding hydrogens is 184 g/mol. The number of benzene rings is 1. The minimum atomic E-state index is 0.487. The lowest BCUT2D eigenvalue weighted by molar-refractivity contribution is 0.414. The number of fused-ring (bicyclic) bond motifs is 1. The highest BCUT2D eigenvalue weighted by molar-refractivity contribution is 7.71. The van der Waals surface area contributed by atoms with Crippen LogP contribution in [0.25, 0.3) is 11.0 Å². The molecule has 1 aromatic carbocycles. The maximum absolute atomic E-state index is 5.34. The Morgan fingerprint density at radius 3 is 2.77 bits per heavy atom. The van der Waals surface area contributed by atoms with Crippen molar-refractivity contribution in [3.63, 3.8) is 0 Å². The van der Waals surface area contributed by atoms with Crippen molar-refractivity contribution in [3.8, 4) is 5.75 Å². The third-order valence-corrected chi connectivity index (χ3v) is 2.05. The summed E-state index contributed by atoms with van der Waals surface area (Å²) in [6.45, 7) is 0. The van der Waals surface area contributed by atoms with Crippen LogP contribution in [0.4, 0.5) is 0 Å². The normalized spacial score (nSPS) is 10.2. The molecule has 2 rings (SSSR count). The first-order valence-corrected chi connectivity index (χ1v) is 4.28. The predicted molar refractivity (Wildman–Crippen MR) is 53.6 cm³/mol. The van der Waals surface area contributed by atoms with E-state index in [0.717, 1.165) is 16.7 Å². The van der Waals surface area contributed by atoms with E-state index >= 15 is 0 Å². The molecule has 0 aliphatic carbocycles. The van der Waals surface area contributed by atoms with Gasteiger partial charge in [-0.1, -0.05) is 0 Å². The van der Waals surface area contributed by atoms with E-state index in [1.54, 1.807) is 13.2 Å². The number of hydrogen-bond donors (Lipinski definition) is 0. The fourth-order valence-corrected chi connectivity index (χ4v) is 1.33. The third kappa shape index (κ3) is 1.55. The molecule has 1 aromatic heterocycles. The Kier molecular flexibility index (Phi) is 2.02. The summed E-state index contributed by atoms with van der Waals surface area (Å²) in [6, 6.07) is 9.35. The smallest absolute Gasteiger partial charge is 0.190 e. The second-order valence-electron chi connectivity index (χ2n) is 2.66. The van der Waals surface area contributed by atoms with E-state index in [2.05, 4.69) is 0 Å². The van der Waals surface area contributed by atoms with Gasteiger partial charge in [0.25, 0.3) is 0 Å². The van der Waals surface area contributed by atoms with Crippen LogP contribution in [0.3, 0.4) is 0 Å². The first-order chi connectivity index (χ1) is 6.29. The molecule has 13 heavy (non-hydrogen) atoms. The number of rotatable bonds is 1. The van der Waals surface area contributed by atoms with Gasteiger partial charge in [-0.25, -0.2) is 0 Å². The van der Waals surface area contributed by atoms with Gasteiger partial charge in [0.1, 0.15) is 11.3 Å². The summed E-state index contributed by atoms with van der Waals surface area (Å²) in [5, 5.41) is 1.02. The maximum atomic E-state index is 5.34. The van der Waals surface area contributed by atoms with E-state index in [4.69, 9.17) is 21.4 Å². The molecule has 0 amide bonds. The molecule has 1 heterocycles. The second-order valence-corrected chi connectivity index (χ2v) is 3.06. The highest BCUT2D eigenvalue weighted by Gasteiger charge is 1.97. The quantitative estimate of drug-likeness (QED) is 0.648. The monoisotopic (exact) mass is 192 g/mol. The van der Waals surface area contributed by atoms with Crippen LogP contribution in [0.5, 0.6) is 5.75 Å². The molecule has 0 saturated carbocycles. The summed E-state index contributed by atoms with van der Waals surface area (Å²) in [5.74, 6) is 0.775. The Bertz CT molecular complexity index is 487. The van der Waals surface area contributed by atoms with Crippen molar-refractivity contribution < 1.29 is 9.15 Å². The van der Waals surface area contributed by atoms with Gasteiger partial charge in [0.2, 0.25) is 0 Å². The molecule has 0 N–H and O–H groups in total. The first-order valence-electron chi connectivity index (χ1n) is 3.87. The van der Waals surface area contributed by atoms with Crippen LogP contribution in [-0.4, -0.2) is 7.11 Å². The van der Waals surface area contributed by atoms with E-state index in [1.165, 1.54) is 0 Å². The standard InChI is InChI=1S/C10H8O2S/c1-11-8-4-2-7-3-5-10(13)12-9(7)6-8/h2-6H,1H3. The van der Waals surface area contributed by atoms with Crippen LogP contribution >= 0.6 is 12.2 Å². The lowest BCUT2D eigenvalue weighted by Crippen LogP contribution is -1.81. The van der Waals surface area contributed by atoms with Crippen LogP contribution < -0.4 is 4.74 Å². The maximum Gasteiger partial charge on any atom is 0.190 e. The van der Waals surface area contributed by atoms with Crippen molar-refractivity contribution in [2.75, 3.05) is 7.11 Å². The molecule has 0 bridgehead atoms. The molecule has 0 fully saturated rings. The van der Waals surface area contributed by atoms with Gasteiger partial charge in [-0.05, 0) is 36.5 Å². The summed E-state index contributed by atoms with van der Waals surface area (Å²) >= 11 is 4.91. The van der Waals surface area contributed by atoms with Gasteiger partial charge in [-0.3, -0.25) is 0 Å². The minimum Gasteiger partial charge on any atom is -0.497 e. The SMILES string of the molecule is COc1ccc2ccc(=S)oc2c1. The second kappa shape index (κ2) is 3.18. The molecule has 0 saturated heterocycles. The average molecular weight is 192 g/mol. The zero-order chi connectivity index (χ0) is 9.26. The van der Waals surface area contributed by atoms with E-state index < -0.39 is 0 Å². The van der Waals surface area contributed by atoms with Crippen LogP contribution in [-0.2, 0) is 0 Å². The Balaban J connectivity index is 2.75. The van der Waals surface area contributed by atoms with Gasteiger partial charge in [-0.15, -0.1) is 0 Å². The zero-order valence-corrected chi connectivity index (χ0v) is 7.93. The van der Waals surface area contributed by atoms with Crippen LogP contribution in [0, 0.1) is 4.71 Å². The summed E-state index contributed by atoms with van der Waals surface area (Å²) in [6.07, 6.45) is 0. The van der Waals surface area contributed by atoms with E-state index in [1.807, 2.05) is 24.3 Å². The Labute approximate surface area is 80.8 Å². The molecule has 2 aromatic rings. The van der Waals surface area contributed by atoms with Crippen LogP contribution in [0.2, 0.25) is 0 Å². The Morgan fingerprint density at radius 1 is 1.23 bits per heavy atom. The number of methoxy groups -OCH3 is 1. The van der Waals surface area contributed by atoms with Crippen molar-refractivity contribution >= 4 is 23.2 Å². The average Bonchev–Trinajstić information content (AvgIpc) is 2.16. The zero-order valence-electron chi connectivity index (χ0n) is 7.11. The molecule has 3 heteroatoms. The topological polar surface area (TPSA) is 22.4 Å². The minimum absolute atomic E-state index is 0.487. The van der Waals surface area contributed by atoms with E-state index in [-0.39, 0.29) is 0 Å². The third-order valence-electron chi connectivity index (χ3n) is 1.83. The van der Waals surface area contributed by atoms with Crippen molar-refractivity contribution in [1.29, 1.82) is 0 Å². The Hall–Kier alpha value is -1.35.